The van der Waals surface area contributed by atoms with Gasteiger partial charge in [0.15, 0.2) is 0 Å². The highest BCUT2D eigenvalue weighted by Crippen LogP contribution is 2.23. The average Bonchev–Trinajstić information content (AvgIpc) is 2.49. The van der Waals surface area contributed by atoms with Crippen LogP contribution < -0.4 is 0 Å². The quantitative estimate of drug-likeness (QED) is 0.940. The van der Waals surface area contributed by atoms with Gasteiger partial charge in [-0.05, 0) is 36.8 Å². The van der Waals surface area contributed by atoms with Gasteiger partial charge in [0.05, 0.1) is 12.5 Å². The number of hydrogen-bond donors (Lipinski definition) is 1. The van der Waals surface area contributed by atoms with Crippen LogP contribution >= 0.6 is 0 Å². The molecule has 5 heteroatoms. The molecule has 0 aliphatic heterocycles. The summed E-state index contributed by atoms with van der Waals surface area (Å²) in [6, 6.07) is 9.74. The Hall–Kier alpha value is -2.43. The summed E-state index contributed by atoms with van der Waals surface area (Å²) >= 11 is 0. The summed E-state index contributed by atoms with van der Waals surface area (Å²) in [7, 11) is 1.57. The van der Waals surface area contributed by atoms with Crippen molar-refractivity contribution in [3.8, 4) is 5.75 Å². The van der Waals surface area contributed by atoms with Gasteiger partial charge in [-0.25, -0.2) is 8.78 Å². The number of halogens is 2. The largest absolute Gasteiger partial charge is 0.508 e. The number of carbonyl (C=O) groups is 1. The molecule has 0 fully saturated rings. The van der Waals surface area contributed by atoms with Crippen molar-refractivity contribution in [3.05, 3.63) is 65.2 Å². The maximum Gasteiger partial charge on any atom is 0.227 e. The average molecular weight is 305 g/mol. The molecular formula is C17H17F2NO2. The lowest BCUT2D eigenvalue weighted by Gasteiger charge is -2.25. The van der Waals surface area contributed by atoms with E-state index in [1.165, 1.54) is 17.0 Å². The van der Waals surface area contributed by atoms with Crippen molar-refractivity contribution in [2.75, 3.05) is 7.05 Å². The molecule has 0 heterocycles. The highest BCUT2D eigenvalue weighted by molar-refractivity contribution is 5.79. The number of carbonyl (C=O) groups excluding carboxylic acids is 1. The monoisotopic (exact) mass is 305 g/mol. The molecule has 2 aromatic rings. The lowest BCUT2D eigenvalue weighted by Crippen LogP contribution is -2.31. The fourth-order valence-corrected chi connectivity index (χ4v) is 2.20. The maximum absolute atomic E-state index is 13.6. The Bertz CT molecular complexity index is 668. The second-order valence-electron chi connectivity index (χ2n) is 5.15. The molecule has 0 radical (unpaired) electrons. The zero-order chi connectivity index (χ0) is 16.3. The zero-order valence-corrected chi connectivity index (χ0v) is 12.4. The third kappa shape index (κ3) is 3.42. The molecule has 1 unspecified atom stereocenters. The molecule has 1 N–H and O–H groups in total. The molecule has 3 nitrogen and oxygen atoms in total. The summed E-state index contributed by atoms with van der Waals surface area (Å²) < 4.78 is 27.2. The highest BCUT2D eigenvalue weighted by atomic mass is 19.1. The fourth-order valence-electron chi connectivity index (χ4n) is 2.20. The van der Waals surface area contributed by atoms with E-state index in [1.807, 2.05) is 0 Å². The molecule has 22 heavy (non-hydrogen) atoms. The van der Waals surface area contributed by atoms with Crippen molar-refractivity contribution in [2.24, 2.45) is 0 Å². The van der Waals surface area contributed by atoms with E-state index in [0.717, 1.165) is 17.7 Å². The van der Waals surface area contributed by atoms with Crippen molar-refractivity contribution < 1.29 is 18.7 Å². The molecule has 0 spiro atoms. The molecule has 2 aromatic carbocycles. The van der Waals surface area contributed by atoms with Crippen LogP contribution in [0.3, 0.4) is 0 Å². The van der Waals surface area contributed by atoms with Gasteiger partial charge in [-0.15, -0.1) is 0 Å². The lowest BCUT2D eigenvalue weighted by atomic mass is 10.1. The van der Waals surface area contributed by atoms with E-state index in [4.69, 9.17) is 0 Å². The van der Waals surface area contributed by atoms with Gasteiger partial charge in [0.2, 0.25) is 5.91 Å². The molecule has 0 saturated heterocycles. The lowest BCUT2D eigenvalue weighted by molar-refractivity contribution is -0.131. The van der Waals surface area contributed by atoms with Crippen LogP contribution in [-0.4, -0.2) is 23.0 Å². The molecule has 1 atom stereocenters. The molecule has 0 aliphatic carbocycles. The smallest absolute Gasteiger partial charge is 0.227 e. The van der Waals surface area contributed by atoms with Crippen LogP contribution in [-0.2, 0) is 11.2 Å². The molecule has 0 saturated carbocycles. The second-order valence-corrected chi connectivity index (χ2v) is 5.15. The van der Waals surface area contributed by atoms with E-state index in [-0.39, 0.29) is 23.8 Å². The third-order valence-corrected chi connectivity index (χ3v) is 3.72. The number of hydrogen-bond acceptors (Lipinski definition) is 2. The van der Waals surface area contributed by atoms with E-state index < -0.39 is 17.5 Å². The fraction of sp³-hybridized carbons (Fsp3) is 0.235. The van der Waals surface area contributed by atoms with Gasteiger partial charge in [0, 0.05) is 12.6 Å². The van der Waals surface area contributed by atoms with E-state index >= 15 is 0 Å². The molecule has 2 rings (SSSR count). The third-order valence-electron chi connectivity index (χ3n) is 3.72. The van der Waals surface area contributed by atoms with Crippen LogP contribution in [0.2, 0.25) is 0 Å². The van der Waals surface area contributed by atoms with Gasteiger partial charge in [-0.2, -0.15) is 0 Å². The van der Waals surface area contributed by atoms with Gasteiger partial charge in [0.25, 0.3) is 0 Å². The molecular weight excluding hydrogens is 288 g/mol. The standard InChI is InChI=1S/C17H17F2NO2/c1-11(12-5-3-6-13(21)9-12)20(2)17(22)10-14-15(18)7-4-8-16(14)19/h3-9,11,21H,10H2,1-2H3. The summed E-state index contributed by atoms with van der Waals surface area (Å²) in [5, 5.41) is 9.49. The van der Waals surface area contributed by atoms with Crippen molar-refractivity contribution in [1.82, 2.24) is 4.90 Å². The molecule has 116 valence electrons. The minimum absolute atomic E-state index is 0.102. The minimum Gasteiger partial charge on any atom is -0.508 e. The van der Waals surface area contributed by atoms with Gasteiger partial charge in [-0.3, -0.25) is 4.79 Å². The van der Waals surface area contributed by atoms with Crippen molar-refractivity contribution in [1.29, 1.82) is 0 Å². The van der Waals surface area contributed by atoms with Gasteiger partial charge in [-0.1, -0.05) is 18.2 Å². The zero-order valence-electron chi connectivity index (χ0n) is 12.4. The van der Waals surface area contributed by atoms with Crippen LogP contribution in [0.5, 0.6) is 5.75 Å². The molecule has 1 amide bonds. The summed E-state index contributed by atoms with van der Waals surface area (Å²) in [6.07, 6.45) is -0.349. The van der Waals surface area contributed by atoms with E-state index in [9.17, 15) is 18.7 Å². The number of benzene rings is 2. The SMILES string of the molecule is CC(c1cccc(O)c1)N(C)C(=O)Cc1c(F)cccc1F. The predicted octanol–water partition coefficient (Wildman–Crippen LogP) is 3.43. The molecule has 0 bridgehead atoms. The number of phenolic OH excluding ortho intramolecular Hbond substituents is 1. The first-order valence-corrected chi connectivity index (χ1v) is 6.87. The Morgan fingerprint density at radius 2 is 1.77 bits per heavy atom. The van der Waals surface area contributed by atoms with Crippen molar-refractivity contribution in [2.45, 2.75) is 19.4 Å². The number of amides is 1. The first-order valence-electron chi connectivity index (χ1n) is 6.87. The number of nitrogens with zero attached hydrogens (tertiary/aromatic N) is 1. The van der Waals surface area contributed by atoms with Crippen LogP contribution in [0.25, 0.3) is 0 Å². The predicted molar refractivity (Wildman–Crippen MR) is 79.4 cm³/mol. The normalized spacial score (nSPS) is 12.0. The van der Waals surface area contributed by atoms with Crippen LogP contribution in [0.4, 0.5) is 8.78 Å². The Morgan fingerprint density at radius 3 is 2.36 bits per heavy atom. The van der Waals surface area contributed by atoms with E-state index in [0.29, 0.717) is 0 Å². The topological polar surface area (TPSA) is 40.5 Å². The molecule has 0 aromatic heterocycles. The van der Waals surface area contributed by atoms with Gasteiger partial charge < -0.3 is 10.0 Å². The van der Waals surface area contributed by atoms with E-state index in [2.05, 4.69) is 0 Å². The Morgan fingerprint density at radius 1 is 1.18 bits per heavy atom. The van der Waals surface area contributed by atoms with Crippen molar-refractivity contribution in [3.63, 3.8) is 0 Å². The Labute approximate surface area is 127 Å². The summed E-state index contributed by atoms with van der Waals surface area (Å²) in [6.45, 7) is 1.78. The van der Waals surface area contributed by atoms with Crippen LogP contribution in [0, 0.1) is 11.6 Å². The summed E-state index contributed by atoms with van der Waals surface area (Å²) in [5.41, 5.74) is 0.507. The van der Waals surface area contributed by atoms with Crippen molar-refractivity contribution >= 4 is 5.91 Å². The maximum atomic E-state index is 13.6. The Kier molecular flexibility index (Phi) is 4.75. The number of aromatic hydroxyl groups is 1. The van der Waals surface area contributed by atoms with Gasteiger partial charge >= 0.3 is 0 Å². The molecule has 0 aliphatic rings. The van der Waals surface area contributed by atoms with Crippen LogP contribution in [0.1, 0.15) is 24.1 Å². The van der Waals surface area contributed by atoms with E-state index in [1.54, 1.807) is 32.2 Å². The second kappa shape index (κ2) is 6.56. The minimum atomic E-state index is -0.730. The first-order chi connectivity index (χ1) is 10.4. The van der Waals surface area contributed by atoms with Gasteiger partial charge in [0.1, 0.15) is 17.4 Å². The number of phenols is 1. The number of likely N-dealkylation sites (N-methyl/N-ethyl adjacent to an activating group) is 1. The summed E-state index contributed by atoms with van der Waals surface area (Å²) in [4.78, 5) is 13.7. The highest BCUT2D eigenvalue weighted by Gasteiger charge is 2.20. The first kappa shape index (κ1) is 15.9. The Balaban J connectivity index is 2.15. The summed E-state index contributed by atoms with van der Waals surface area (Å²) in [5.74, 6) is -1.76. The van der Waals surface area contributed by atoms with Crippen LogP contribution in [0.15, 0.2) is 42.5 Å². The number of rotatable bonds is 4.